The van der Waals surface area contributed by atoms with Crippen molar-refractivity contribution in [2.75, 3.05) is 6.54 Å². The Labute approximate surface area is 124 Å². The van der Waals surface area contributed by atoms with Gasteiger partial charge in [0.15, 0.2) is 0 Å². The van der Waals surface area contributed by atoms with E-state index in [1.54, 1.807) is 0 Å². The zero-order valence-corrected chi connectivity index (χ0v) is 12.0. The highest BCUT2D eigenvalue weighted by molar-refractivity contribution is 5.98. The molecule has 1 heterocycles. The van der Waals surface area contributed by atoms with E-state index in [4.69, 9.17) is 0 Å². The van der Waals surface area contributed by atoms with Gasteiger partial charge in [0.2, 0.25) is 5.91 Å². The summed E-state index contributed by atoms with van der Waals surface area (Å²) in [6.45, 7) is 4.10. The fourth-order valence-corrected chi connectivity index (χ4v) is 2.16. The van der Waals surface area contributed by atoms with Crippen LogP contribution < -0.4 is 15.4 Å². The molecule has 0 aliphatic carbocycles. The molecule has 22 heavy (non-hydrogen) atoms. The lowest BCUT2D eigenvalue weighted by Gasteiger charge is -2.24. The van der Waals surface area contributed by atoms with Crippen LogP contribution in [0.3, 0.4) is 0 Å². The maximum Gasteiger partial charge on any atom is 0.573 e. The van der Waals surface area contributed by atoms with Gasteiger partial charge in [0.1, 0.15) is 11.8 Å². The smallest absolute Gasteiger partial charge is 0.406 e. The summed E-state index contributed by atoms with van der Waals surface area (Å²) < 4.78 is 39.9. The van der Waals surface area contributed by atoms with E-state index in [9.17, 15) is 22.8 Å². The normalized spacial score (nSPS) is 20.4. The van der Waals surface area contributed by atoms with Crippen molar-refractivity contribution in [1.82, 2.24) is 10.6 Å². The fraction of sp³-hybridized carbons (Fsp3) is 0.429. The molecular formula is C14H15F3N2O3. The van der Waals surface area contributed by atoms with Crippen molar-refractivity contribution in [1.29, 1.82) is 0 Å². The summed E-state index contributed by atoms with van der Waals surface area (Å²) in [5.41, 5.74) is -0.295. The van der Waals surface area contributed by atoms with Gasteiger partial charge < -0.3 is 15.4 Å². The molecule has 0 bridgehead atoms. The first-order chi connectivity index (χ1) is 10.1. The maximum atomic E-state index is 12.1. The maximum absolute atomic E-state index is 12.1. The molecule has 2 rings (SSSR count). The van der Waals surface area contributed by atoms with E-state index in [1.165, 1.54) is 12.1 Å². The van der Waals surface area contributed by atoms with Crippen LogP contribution in [0.1, 0.15) is 24.2 Å². The third kappa shape index (κ3) is 3.69. The zero-order chi connectivity index (χ0) is 16.5. The third-order valence-electron chi connectivity index (χ3n) is 3.39. The molecule has 2 N–H and O–H groups in total. The predicted octanol–water partition coefficient (Wildman–Crippen LogP) is 1.84. The summed E-state index contributed by atoms with van der Waals surface area (Å²) >= 11 is 0. The highest BCUT2D eigenvalue weighted by Crippen LogP contribution is 2.26. The largest absolute Gasteiger partial charge is 0.573 e. The van der Waals surface area contributed by atoms with E-state index >= 15 is 0 Å². The number of amides is 2. The Morgan fingerprint density at radius 3 is 2.36 bits per heavy atom. The van der Waals surface area contributed by atoms with Crippen LogP contribution in [0, 0.1) is 5.41 Å². The van der Waals surface area contributed by atoms with E-state index in [0.29, 0.717) is 6.54 Å². The van der Waals surface area contributed by atoms with Gasteiger partial charge >= 0.3 is 6.36 Å². The summed E-state index contributed by atoms with van der Waals surface area (Å²) in [6.07, 6.45) is -4.78. The van der Waals surface area contributed by atoms with Crippen molar-refractivity contribution < 1.29 is 27.5 Å². The van der Waals surface area contributed by atoms with Gasteiger partial charge in [-0.2, -0.15) is 0 Å². The van der Waals surface area contributed by atoms with Gasteiger partial charge in [-0.15, -0.1) is 13.2 Å². The molecule has 0 spiro atoms. The molecule has 1 aromatic carbocycles. The minimum Gasteiger partial charge on any atom is -0.406 e. The second-order valence-corrected chi connectivity index (χ2v) is 5.69. The Kier molecular flexibility index (Phi) is 4.04. The van der Waals surface area contributed by atoms with Crippen LogP contribution in [0.2, 0.25) is 0 Å². The van der Waals surface area contributed by atoms with Crippen molar-refractivity contribution in [3.63, 3.8) is 0 Å². The second kappa shape index (κ2) is 5.51. The van der Waals surface area contributed by atoms with Gasteiger partial charge in [0, 0.05) is 17.5 Å². The number of rotatable bonds is 3. The van der Waals surface area contributed by atoms with Gasteiger partial charge in [-0.25, -0.2) is 0 Å². The molecular weight excluding hydrogens is 301 g/mol. The van der Waals surface area contributed by atoms with Gasteiger partial charge in [-0.1, -0.05) is 13.8 Å². The highest BCUT2D eigenvalue weighted by Gasteiger charge is 2.42. The van der Waals surface area contributed by atoms with Crippen LogP contribution >= 0.6 is 0 Å². The van der Waals surface area contributed by atoms with E-state index in [-0.39, 0.29) is 11.5 Å². The standard InChI is InChI=1S/C14H15F3N2O3/c1-13(2)7-18-12(21)10(13)19-11(20)8-3-5-9(6-4-8)22-14(15,16)17/h3-6,10H,7H2,1-2H3,(H,18,21)(H,19,20). The lowest BCUT2D eigenvalue weighted by atomic mass is 9.87. The van der Waals surface area contributed by atoms with Crippen LogP contribution in [0.25, 0.3) is 0 Å². The number of hydrogen-bond donors (Lipinski definition) is 2. The lowest BCUT2D eigenvalue weighted by molar-refractivity contribution is -0.274. The molecule has 0 aromatic heterocycles. The monoisotopic (exact) mass is 316 g/mol. The molecule has 1 unspecified atom stereocenters. The number of alkyl halides is 3. The van der Waals surface area contributed by atoms with Gasteiger partial charge in [-0.3, -0.25) is 9.59 Å². The van der Waals surface area contributed by atoms with E-state index in [2.05, 4.69) is 15.4 Å². The molecule has 120 valence electrons. The lowest BCUT2D eigenvalue weighted by Crippen LogP contribution is -2.46. The Hall–Kier alpha value is -2.25. The first-order valence-electron chi connectivity index (χ1n) is 6.53. The number of benzene rings is 1. The highest BCUT2D eigenvalue weighted by atomic mass is 19.4. The molecule has 1 saturated heterocycles. The van der Waals surface area contributed by atoms with Gasteiger partial charge in [0.05, 0.1) is 0 Å². The number of carbonyl (C=O) groups excluding carboxylic acids is 2. The van der Waals surface area contributed by atoms with Crippen molar-refractivity contribution in [2.45, 2.75) is 26.3 Å². The summed E-state index contributed by atoms with van der Waals surface area (Å²) in [5, 5.41) is 5.24. The van der Waals surface area contributed by atoms with E-state index < -0.39 is 29.5 Å². The van der Waals surface area contributed by atoms with E-state index in [1.807, 2.05) is 13.8 Å². The molecule has 5 nitrogen and oxygen atoms in total. The third-order valence-corrected chi connectivity index (χ3v) is 3.39. The van der Waals surface area contributed by atoms with Crippen molar-refractivity contribution in [2.24, 2.45) is 5.41 Å². The van der Waals surface area contributed by atoms with Crippen molar-refractivity contribution >= 4 is 11.8 Å². The van der Waals surface area contributed by atoms with Crippen LogP contribution in [0.4, 0.5) is 13.2 Å². The molecule has 1 fully saturated rings. The summed E-state index contributed by atoms with van der Waals surface area (Å²) in [4.78, 5) is 23.8. The molecule has 8 heteroatoms. The average molecular weight is 316 g/mol. The van der Waals surface area contributed by atoms with Gasteiger partial charge in [0.25, 0.3) is 5.91 Å². The minimum absolute atomic E-state index is 0.144. The zero-order valence-electron chi connectivity index (χ0n) is 12.0. The topological polar surface area (TPSA) is 67.4 Å². The molecule has 0 radical (unpaired) electrons. The summed E-state index contributed by atoms with van der Waals surface area (Å²) in [5.74, 6) is -1.23. The Morgan fingerprint density at radius 1 is 1.32 bits per heavy atom. The molecule has 0 saturated carbocycles. The number of hydrogen-bond acceptors (Lipinski definition) is 3. The van der Waals surface area contributed by atoms with Crippen molar-refractivity contribution in [3.8, 4) is 5.75 Å². The van der Waals surface area contributed by atoms with Gasteiger partial charge in [-0.05, 0) is 24.3 Å². The first kappa shape index (κ1) is 16.1. The van der Waals surface area contributed by atoms with E-state index in [0.717, 1.165) is 12.1 Å². The second-order valence-electron chi connectivity index (χ2n) is 5.69. The minimum atomic E-state index is -4.78. The summed E-state index contributed by atoms with van der Waals surface area (Å²) in [6, 6.07) is 3.81. The summed E-state index contributed by atoms with van der Waals surface area (Å²) in [7, 11) is 0. The number of ether oxygens (including phenoxy) is 1. The van der Waals surface area contributed by atoms with Crippen LogP contribution in [-0.4, -0.2) is 30.8 Å². The fourth-order valence-electron chi connectivity index (χ4n) is 2.16. The molecule has 1 aliphatic heterocycles. The molecule has 2 amide bonds. The molecule has 1 aliphatic rings. The first-order valence-corrected chi connectivity index (χ1v) is 6.53. The Bertz CT molecular complexity index is 582. The number of nitrogens with one attached hydrogen (secondary N) is 2. The number of carbonyl (C=O) groups is 2. The van der Waals surface area contributed by atoms with Crippen LogP contribution in [0.15, 0.2) is 24.3 Å². The Morgan fingerprint density at radius 2 is 1.91 bits per heavy atom. The average Bonchev–Trinajstić information content (AvgIpc) is 2.64. The SMILES string of the molecule is CC1(C)CNC(=O)C1NC(=O)c1ccc(OC(F)(F)F)cc1. The van der Waals surface area contributed by atoms with Crippen molar-refractivity contribution in [3.05, 3.63) is 29.8 Å². The van der Waals surface area contributed by atoms with Crippen LogP contribution in [0.5, 0.6) is 5.75 Å². The predicted molar refractivity (Wildman–Crippen MR) is 71.2 cm³/mol. The molecule has 1 aromatic rings. The van der Waals surface area contributed by atoms with Crippen LogP contribution in [-0.2, 0) is 4.79 Å². The quantitative estimate of drug-likeness (QED) is 0.894. The Balaban J connectivity index is 2.06. The molecule has 1 atom stereocenters. The number of halogens is 3.